The standard InChI is InChI=1S/C24H27N7O2/c1-13(25)5-9-21(26)28-17-6-8-20-19(11-17)27-12-31(20)22-10-7-18(15(3)32)24(29-22)23-14(2)30-33-16(23)4/h5-12,15,28,32H,25-26H2,1-4H3/b13-5-,21-9+. The SMILES string of the molecule is C/C(N)=C/C=C(\N)Nc1ccc2c(c1)ncn2-c1ccc(C(C)O)c(-c2c(C)noc2C)n1. The lowest BCUT2D eigenvalue weighted by atomic mass is 10.0. The first kappa shape index (κ1) is 22.1. The molecule has 0 fully saturated rings. The van der Waals surface area contributed by atoms with Crippen LogP contribution in [-0.4, -0.2) is 24.8 Å². The highest BCUT2D eigenvalue weighted by Gasteiger charge is 2.20. The maximum Gasteiger partial charge on any atom is 0.143 e. The molecule has 4 aromatic rings. The van der Waals surface area contributed by atoms with Crippen LogP contribution in [0.5, 0.6) is 0 Å². The van der Waals surface area contributed by atoms with E-state index in [-0.39, 0.29) is 0 Å². The summed E-state index contributed by atoms with van der Waals surface area (Å²) in [6, 6.07) is 9.50. The summed E-state index contributed by atoms with van der Waals surface area (Å²) in [5.74, 6) is 1.79. The number of nitrogens with zero attached hydrogens (tertiary/aromatic N) is 4. The molecule has 0 bridgehead atoms. The van der Waals surface area contributed by atoms with Crippen LogP contribution >= 0.6 is 0 Å². The van der Waals surface area contributed by atoms with Crippen molar-refractivity contribution in [2.75, 3.05) is 5.32 Å². The van der Waals surface area contributed by atoms with Gasteiger partial charge >= 0.3 is 0 Å². The number of nitrogens with one attached hydrogen (secondary N) is 1. The van der Waals surface area contributed by atoms with Crippen LogP contribution in [0.1, 0.15) is 37.0 Å². The summed E-state index contributed by atoms with van der Waals surface area (Å²) in [7, 11) is 0. The molecule has 0 amide bonds. The van der Waals surface area contributed by atoms with Crippen molar-refractivity contribution in [2.24, 2.45) is 11.5 Å². The quantitative estimate of drug-likeness (QED) is 0.328. The van der Waals surface area contributed by atoms with E-state index in [4.69, 9.17) is 21.0 Å². The predicted octanol–water partition coefficient (Wildman–Crippen LogP) is 3.82. The summed E-state index contributed by atoms with van der Waals surface area (Å²) in [5, 5.41) is 17.5. The fourth-order valence-corrected chi connectivity index (χ4v) is 3.65. The van der Waals surface area contributed by atoms with Crippen LogP contribution in [0.25, 0.3) is 28.1 Å². The van der Waals surface area contributed by atoms with Gasteiger partial charge in [0.1, 0.15) is 23.7 Å². The molecular weight excluding hydrogens is 418 g/mol. The van der Waals surface area contributed by atoms with Crippen LogP contribution in [-0.2, 0) is 0 Å². The van der Waals surface area contributed by atoms with Gasteiger partial charge in [-0.05, 0) is 64.1 Å². The van der Waals surface area contributed by atoms with Crippen molar-refractivity contribution in [1.82, 2.24) is 19.7 Å². The van der Waals surface area contributed by atoms with E-state index in [1.54, 1.807) is 32.3 Å². The molecule has 0 aliphatic carbocycles. The lowest BCUT2D eigenvalue weighted by Gasteiger charge is -2.14. The number of nitrogens with two attached hydrogens (primary N) is 2. The number of pyridine rings is 1. The second-order valence-electron chi connectivity index (χ2n) is 7.96. The third kappa shape index (κ3) is 4.44. The average Bonchev–Trinajstić information content (AvgIpc) is 3.34. The zero-order chi connectivity index (χ0) is 23.7. The number of fused-ring (bicyclic) bond motifs is 1. The molecule has 9 heteroatoms. The molecule has 0 spiro atoms. The normalized spacial score (nSPS) is 13.5. The number of allylic oxidation sites excluding steroid dienone is 3. The van der Waals surface area contributed by atoms with Gasteiger partial charge in [0.25, 0.3) is 0 Å². The van der Waals surface area contributed by atoms with Crippen molar-refractivity contribution in [2.45, 2.75) is 33.8 Å². The first-order chi connectivity index (χ1) is 15.7. The Kier molecular flexibility index (Phi) is 5.89. The van der Waals surface area contributed by atoms with Crippen molar-refractivity contribution in [3.8, 4) is 17.1 Å². The summed E-state index contributed by atoms with van der Waals surface area (Å²) in [5.41, 5.74) is 17.6. The van der Waals surface area contributed by atoms with E-state index in [0.29, 0.717) is 34.4 Å². The smallest absolute Gasteiger partial charge is 0.143 e. The molecule has 0 aliphatic heterocycles. The molecule has 3 heterocycles. The summed E-state index contributed by atoms with van der Waals surface area (Å²) >= 11 is 0. The highest BCUT2D eigenvalue weighted by atomic mass is 16.5. The third-order valence-electron chi connectivity index (χ3n) is 5.24. The molecule has 0 radical (unpaired) electrons. The fourth-order valence-electron chi connectivity index (χ4n) is 3.65. The van der Waals surface area contributed by atoms with Crippen LogP contribution in [0, 0.1) is 13.8 Å². The van der Waals surface area contributed by atoms with Crippen molar-refractivity contribution in [3.05, 3.63) is 77.3 Å². The molecule has 0 aliphatic rings. The Labute approximate surface area is 191 Å². The third-order valence-corrected chi connectivity index (χ3v) is 5.24. The van der Waals surface area contributed by atoms with E-state index in [1.807, 2.05) is 48.7 Å². The van der Waals surface area contributed by atoms with Crippen molar-refractivity contribution < 1.29 is 9.63 Å². The number of hydrogen-bond donors (Lipinski definition) is 4. The highest BCUT2D eigenvalue weighted by Crippen LogP contribution is 2.33. The van der Waals surface area contributed by atoms with E-state index in [0.717, 1.165) is 28.0 Å². The Morgan fingerprint density at radius 3 is 2.64 bits per heavy atom. The Hall–Kier alpha value is -4.11. The minimum absolute atomic E-state index is 0.470. The van der Waals surface area contributed by atoms with Crippen molar-refractivity contribution in [3.63, 3.8) is 0 Å². The lowest BCUT2D eigenvalue weighted by molar-refractivity contribution is 0.199. The molecule has 4 rings (SSSR count). The number of rotatable bonds is 6. The zero-order valence-corrected chi connectivity index (χ0v) is 19.0. The minimum atomic E-state index is -0.695. The Balaban J connectivity index is 1.75. The van der Waals surface area contributed by atoms with Crippen LogP contribution in [0.3, 0.4) is 0 Å². The minimum Gasteiger partial charge on any atom is -0.402 e. The number of aromatic nitrogens is 4. The Morgan fingerprint density at radius 2 is 1.97 bits per heavy atom. The number of benzene rings is 1. The maximum absolute atomic E-state index is 10.3. The van der Waals surface area contributed by atoms with Crippen molar-refractivity contribution >= 4 is 16.7 Å². The van der Waals surface area contributed by atoms with Gasteiger partial charge < -0.3 is 26.4 Å². The number of imidazole rings is 1. The topological polar surface area (TPSA) is 141 Å². The fraction of sp³-hybridized carbons (Fsp3) is 0.208. The van der Waals surface area contributed by atoms with E-state index in [9.17, 15) is 5.11 Å². The van der Waals surface area contributed by atoms with Gasteiger partial charge in [0.15, 0.2) is 0 Å². The second kappa shape index (κ2) is 8.79. The summed E-state index contributed by atoms with van der Waals surface area (Å²) in [4.78, 5) is 9.40. The molecular formula is C24H27N7O2. The molecule has 6 N–H and O–H groups in total. The molecule has 1 aromatic carbocycles. The monoisotopic (exact) mass is 445 g/mol. The zero-order valence-electron chi connectivity index (χ0n) is 19.0. The average molecular weight is 446 g/mol. The summed E-state index contributed by atoms with van der Waals surface area (Å²) in [6.07, 6.45) is 4.46. The Morgan fingerprint density at radius 1 is 1.18 bits per heavy atom. The summed E-state index contributed by atoms with van der Waals surface area (Å²) in [6.45, 7) is 7.20. The maximum atomic E-state index is 10.3. The molecule has 33 heavy (non-hydrogen) atoms. The molecule has 9 nitrogen and oxygen atoms in total. The van der Waals surface area contributed by atoms with E-state index in [2.05, 4.69) is 15.5 Å². The number of aliphatic hydroxyl groups is 1. The van der Waals surface area contributed by atoms with Gasteiger partial charge in [0, 0.05) is 16.9 Å². The van der Waals surface area contributed by atoms with Gasteiger partial charge in [-0.2, -0.15) is 0 Å². The summed E-state index contributed by atoms with van der Waals surface area (Å²) < 4.78 is 7.23. The van der Waals surface area contributed by atoms with Gasteiger partial charge in [0.05, 0.1) is 34.1 Å². The molecule has 3 aromatic heterocycles. The largest absolute Gasteiger partial charge is 0.402 e. The molecule has 0 saturated carbocycles. The van der Waals surface area contributed by atoms with Crippen LogP contribution in [0.4, 0.5) is 5.69 Å². The van der Waals surface area contributed by atoms with Gasteiger partial charge in [0.2, 0.25) is 0 Å². The van der Waals surface area contributed by atoms with Crippen LogP contribution in [0.2, 0.25) is 0 Å². The van der Waals surface area contributed by atoms with E-state index >= 15 is 0 Å². The van der Waals surface area contributed by atoms with Gasteiger partial charge in [-0.1, -0.05) is 11.2 Å². The second-order valence-corrected chi connectivity index (χ2v) is 7.96. The first-order valence-corrected chi connectivity index (χ1v) is 10.5. The predicted molar refractivity (Wildman–Crippen MR) is 128 cm³/mol. The molecule has 1 atom stereocenters. The van der Waals surface area contributed by atoms with Gasteiger partial charge in [-0.3, -0.25) is 4.57 Å². The molecule has 170 valence electrons. The number of anilines is 1. The first-order valence-electron chi connectivity index (χ1n) is 10.5. The van der Waals surface area contributed by atoms with Crippen LogP contribution < -0.4 is 16.8 Å². The number of aryl methyl sites for hydroxylation is 2. The molecule has 1 unspecified atom stereocenters. The van der Waals surface area contributed by atoms with Crippen molar-refractivity contribution in [1.29, 1.82) is 0 Å². The number of hydrogen-bond acceptors (Lipinski definition) is 8. The lowest BCUT2D eigenvalue weighted by Crippen LogP contribution is -2.08. The van der Waals surface area contributed by atoms with E-state index < -0.39 is 6.10 Å². The van der Waals surface area contributed by atoms with Gasteiger partial charge in [-0.15, -0.1) is 0 Å². The molecule has 0 saturated heterocycles. The Bertz CT molecular complexity index is 1360. The number of aliphatic hydroxyl groups excluding tert-OH is 1. The highest BCUT2D eigenvalue weighted by molar-refractivity contribution is 5.81. The van der Waals surface area contributed by atoms with Gasteiger partial charge in [-0.25, -0.2) is 9.97 Å². The van der Waals surface area contributed by atoms with Crippen LogP contribution in [0.15, 0.2) is 64.9 Å². The van der Waals surface area contributed by atoms with E-state index in [1.165, 1.54) is 0 Å².